The van der Waals surface area contributed by atoms with Gasteiger partial charge in [0.25, 0.3) is 0 Å². The van der Waals surface area contributed by atoms with E-state index in [1.807, 2.05) is 0 Å². The fraction of sp³-hybridized carbons (Fsp3) is 0.778. The molecular formula is C9H15N. The quantitative estimate of drug-likeness (QED) is 0.582. The second kappa shape index (κ2) is 3.07. The Bertz CT molecular complexity index is 139. The summed E-state index contributed by atoms with van der Waals surface area (Å²) in [5.41, 5.74) is 0.0933. The third-order valence-corrected chi connectivity index (χ3v) is 2.20. The van der Waals surface area contributed by atoms with E-state index in [1.165, 1.54) is 25.7 Å². The normalized spacial score (nSPS) is 21.2. The lowest BCUT2D eigenvalue weighted by atomic mass is 9.77. The molecule has 0 radical (unpaired) electrons. The summed E-state index contributed by atoms with van der Waals surface area (Å²) in [5.74, 6) is 2.84. The van der Waals surface area contributed by atoms with Crippen LogP contribution in [-0.4, -0.2) is 12.1 Å². The monoisotopic (exact) mass is 137 g/mol. The minimum Gasteiger partial charge on any atom is -0.301 e. The summed E-state index contributed by atoms with van der Waals surface area (Å²) < 4.78 is 0. The van der Waals surface area contributed by atoms with E-state index in [9.17, 15) is 0 Å². The Balaban J connectivity index is 2.29. The first-order valence-corrected chi connectivity index (χ1v) is 4.06. The first kappa shape index (κ1) is 7.63. The number of rotatable bonds is 3. The van der Waals surface area contributed by atoms with Crippen LogP contribution in [0.15, 0.2) is 0 Å². The molecule has 0 aromatic carbocycles. The third-order valence-electron chi connectivity index (χ3n) is 2.20. The maximum atomic E-state index is 5.40. The second-order valence-corrected chi connectivity index (χ2v) is 3.01. The highest BCUT2D eigenvalue weighted by atomic mass is 15.0. The molecule has 0 aliphatic heterocycles. The van der Waals surface area contributed by atoms with Gasteiger partial charge in [-0.1, -0.05) is 12.8 Å². The van der Waals surface area contributed by atoms with Crippen molar-refractivity contribution >= 4 is 0 Å². The molecule has 1 saturated carbocycles. The maximum absolute atomic E-state index is 5.40. The van der Waals surface area contributed by atoms with E-state index in [-0.39, 0.29) is 5.54 Å². The zero-order valence-electron chi connectivity index (χ0n) is 6.61. The Morgan fingerprint density at radius 2 is 2.30 bits per heavy atom. The summed E-state index contributed by atoms with van der Waals surface area (Å²) in [6.07, 6.45) is 10.2. The lowest BCUT2D eigenvalue weighted by Gasteiger charge is -2.38. The first-order valence-electron chi connectivity index (χ1n) is 4.06. The van der Waals surface area contributed by atoms with Crippen LogP contribution in [0.1, 0.15) is 32.6 Å². The molecule has 0 aromatic rings. The maximum Gasteiger partial charge on any atom is 0.0798 e. The van der Waals surface area contributed by atoms with Gasteiger partial charge < -0.3 is 5.32 Å². The van der Waals surface area contributed by atoms with E-state index in [0.717, 1.165) is 6.54 Å². The van der Waals surface area contributed by atoms with Gasteiger partial charge in [0.05, 0.1) is 5.54 Å². The van der Waals surface area contributed by atoms with Crippen LogP contribution < -0.4 is 5.32 Å². The van der Waals surface area contributed by atoms with Crippen molar-refractivity contribution in [2.45, 2.75) is 38.1 Å². The Morgan fingerprint density at radius 1 is 1.60 bits per heavy atom. The van der Waals surface area contributed by atoms with Gasteiger partial charge in [-0.25, -0.2) is 0 Å². The summed E-state index contributed by atoms with van der Waals surface area (Å²) in [6, 6.07) is 0. The molecule has 0 amide bonds. The standard InChI is InChI=1S/C9H15N/c1-3-8-10-9(4-2)6-5-7-9/h2,10H,3,5-8H2,1H3. The summed E-state index contributed by atoms with van der Waals surface area (Å²) in [6.45, 7) is 3.22. The lowest BCUT2D eigenvalue weighted by Crippen LogP contribution is -2.49. The van der Waals surface area contributed by atoms with Crippen LogP contribution in [-0.2, 0) is 0 Å². The summed E-state index contributed by atoms with van der Waals surface area (Å²) in [4.78, 5) is 0. The molecule has 1 rings (SSSR count). The van der Waals surface area contributed by atoms with E-state index < -0.39 is 0 Å². The minimum atomic E-state index is 0.0933. The van der Waals surface area contributed by atoms with Crippen LogP contribution in [0.5, 0.6) is 0 Å². The zero-order chi connectivity index (χ0) is 7.45. The van der Waals surface area contributed by atoms with Crippen LogP contribution in [0, 0.1) is 12.3 Å². The van der Waals surface area contributed by atoms with Crippen LogP contribution in [0.25, 0.3) is 0 Å². The van der Waals surface area contributed by atoms with Gasteiger partial charge in [-0.05, 0) is 32.2 Å². The molecule has 1 fully saturated rings. The Kier molecular flexibility index (Phi) is 2.34. The predicted molar refractivity (Wildman–Crippen MR) is 43.7 cm³/mol. The van der Waals surface area contributed by atoms with Crippen molar-refractivity contribution in [2.24, 2.45) is 0 Å². The van der Waals surface area contributed by atoms with Gasteiger partial charge in [-0.2, -0.15) is 0 Å². The molecule has 1 aliphatic carbocycles. The van der Waals surface area contributed by atoms with E-state index in [4.69, 9.17) is 6.42 Å². The molecule has 10 heavy (non-hydrogen) atoms. The number of nitrogens with one attached hydrogen (secondary N) is 1. The molecule has 1 N–H and O–H groups in total. The average molecular weight is 137 g/mol. The molecule has 0 spiro atoms. The van der Waals surface area contributed by atoms with Gasteiger partial charge in [0, 0.05) is 0 Å². The SMILES string of the molecule is C#CC1(NCCC)CCC1. The van der Waals surface area contributed by atoms with Gasteiger partial charge in [0.15, 0.2) is 0 Å². The van der Waals surface area contributed by atoms with Crippen molar-refractivity contribution in [3.8, 4) is 12.3 Å². The smallest absolute Gasteiger partial charge is 0.0798 e. The highest BCUT2D eigenvalue weighted by Crippen LogP contribution is 2.30. The number of hydrogen-bond acceptors (Lipinski definition) is 1. The minimum absolute atomic E-state index is 0.0933. The third kappa shape index (κ3) is 1.33. The highest BCUT2D eigenvalue weighted by Gasteiger charge is 2.33. The van der Waals surface area contributed by atoms with Crippen molar-refractivity contribution in [3.05, 3.63) is 0 Å². The second-order valence-electron chi connectivity index (χ2n) is 3.01. The lowest BCUT2D eigenvalue weighted by molar-refractivity contribution is 0.259. The summed E-state index contributed by atoms with van der Waals surface area (Å²) in [5, 5.41) is 3.40. The molecule has 0 heterocycles. The van der Waals surface area contributed by atoms with Gasteiger partial charge >= 0.3 is 0 Å². The summed E-state index contributed by atoms with van der Waals surface area (Å²) in [7, 11) is 0. The van der Waals surface area contributed by atoms with Crippen molar-refractivity contribution in [2.75, 3.05) is 6.54 Å². The largest absolute Gasteiger partial charge is 0.301 e. The molecular weight excluding hydrogens is 122 g/mol. The summed E-state index contributed by atoms with van der Waals surface area (Å²) >= 11 is 0. The number of terminal acetylenes is 1. The van der Waals surface area contributed by atoms with Crippen molar-refractivity contribution in [1.29, 1.82) is 0 Å². The zero-order valence-corrected chi connectivity index (χ0v) is 6.61. The van der Waals surface area contributed by atoms with Crippen molar-refractivity contribution in [3.63, 3.8) is 0 Å². The molecule has 0 saturated heterocycles. The fourth-order valence-electron chi connectivity index (χ4n) is 1.27. The average Bonchev–Trinajstić information content (AvgIpc) is 1.87. The molecule has 0 bridgehead atoms. The van der Waals surface area contributed by atoms with Crippen LogP contribution in [0.2, 0.25) is 0 Å². The van der Waals surface area contributed by atoms with Crippen molar-refractivity contribution < 1.29 is 0 Å². The molecule has 1 heteroatoms. The van der Waals surface area contributed by atoms with Crippen LogP contribution >= 0.6 is 0 Å². The molecule has 1 aliphatic rings. The van der Waals surface area contributed by atoms with Gasteiger partial charge in [-0.15, -0.1) is 6.42 Å². The van der Waals surface area contributed by atoms with E-state index in [2.05, 4.69) is 18.2 Å². The van der Waals surface area contributed by atoms with Crippen LogP contribution in [0.4, 0.5) is 0 Å². The van der Waals surface area contributed by atoms with Crippen LogP contribution in [0.3, 0.4) is 0 Å². The molecule has 56 valence electrons. The Hall–Kier alpha value is -0.480. The topological polar surface area (TPSA) is 12.0 Å². The van der Waals surface area contributed by atoms with Crippen molar-refractivity contribution in [1.82, 2.24) is 5.32 Å². The molecule has 0 aromatic heterocycles. The van der Waals surface area contributed by atoms with Gasteiger partial charge in [0.1, 0.15) is 0 Å². The molecule has 0 atom stereocenters. The van der Waals surface area contributed by atoms with Gasteiger partial charge in [-0.3, -0.25) is 0 Å². The molecule has 1 nitrogen and oxygen atoms in total. The van der Waals surface area contributed by atoms with Gasteiger partial charge in [0.2, 0.25) is 0 Å². The molecule has 0 unspecified atom stereocenters. The Labute approximate surface area is 63.2 Å². The number of hydrogen-bond donors (Lipinski definition) is 1. The van der Waals surface area contributed by atoms with E-state index >= 15 is 0 Å². The first-order chi connectivity index (χ1) is 4.83. The Morgan fingerprint density at radius 3 is 2.60 bits per heavy atom. The predicted octanol–water partition coefficient (Wildman–Crippen LogP) is 1.54. The highest BCUT2D eigenvalue weighted by molar-refractivity contribution is 5.17. The van der Waals surface area contributed by atoms with E-state index in [1.54, 1.807) is 0 Å². The van der Waals surface area contributed by atoms with E-state index in [0.29, 0.717) is 0 Å². The fourth-order valence-corrected chi connectivity index (χ4v) is 1.27.